The van der Waals surface area contributed by atoms with Crippen molar-refractivity contribution in [1.82, 2.24) is 9.55 Å². The minimum Gasteiger partial charge on any atom is -0.406 e. The standard InChI is InChI=1S/C31H25F3N6OS/c1-19-5-4-6-20(2)29(19)40-27(35-3)17-42-30(40)38-37-16-21-7-13-25-22(15-21)8-14-26-28(25)36-18-39(26)23-9-11-24(12-10-23)41-31(32,33)34/h4-16,18H,17H2,1-3H3/b35-27?,37-16+,38-30?. The lowest BCUT2D eigenvalue weighted by Gasteiger charge is -2.22. The van der Waals surface area contributed by atoms with E-state index >= 15 is 0 Å². The Kier molecular flexibility index (Phi) is 7.19. The summed E-state index contributed by atoms with van der Waals surface area (Å²) in [5.41, 5.74) is 6.54. The highest BCUT2D eigenvalue weighted by Crippen LogP contribution is 2.33. The summed E-state index contributed by atoms with van der Waals surface area (Å²) in [5, 5.41) is 11.7. The third-order valence-corrected chi connectivity index (χ3v) is 7.88. The van der Waals surface area contributed by atoms with Gasteiger partial charge in [-0.15, -0.1) is 18.3 Å². The second-order valence-corrected chi connectivity index (χ2v) is 10.6. The fourth-order valence-electron chi connectivity index (χ4n) is 5.06. The number of alkyl halides is 3. The Hall–Kier alpha value is -4.64. The number of nitrogens with zero attached hydrogens (tertiary/aromatic N) is 6. The average molecular weight is 587 g/mol. The first-order chi connectivity index (χ1) is 20.2. The summed E-state index contributed by atoms with van der Waals surface area (Å²) < 4.78 is 43.3. The summed E-state index contributed by atoms with van der Waals surface area (Å²) in [6.07, 6.45) is -1.35. The van der Waals surface area contributed by atoms with E-state index in [1.807, 2.05) is 41.0 Å². The van der Waals surface area contributed by atoms with Crippen LogP contribution < -0.4 is 9.64 Å². The third-order valence-electron chi connectivity index (χ3n) is 6.96. The van der Waals surface area contributed by atoms with E-state index in [0.717, 1.165) is 60.9 Å². The highest BCUT2D eigenvalue weighted by atomic mass is 32.2. The van der Waals surface area contributed by atoms with E-state index in [1.165, 1.54) is 12.1 Å². The van der Waals surface area contributed by atoms with Gasteiger partial charge in [-0.2, -0.15) is 5.10 Å². The average Bonchev–Trinajstić information content (AvgIpc) is 3.57. The van der Waals surface area contributed by atoms with Crippen LogP contribution in [0.5, 0.6) is 5.75 Å². The number of thioether (sulfide) groups is 1. The van der Waals surface area contributed by atoms with Crippen LogP contribution in [0, 0.1) is 13.8 Å². The van der Waals surface area contributed by atoms with Crippen LogP contribution >= 0.6 is 11.8 Å². The van der Waals surface area contributed by atoms with Crippen molar-refractivity contribution in [2.24, 2.45) is 15.2 Å². The molecule has 0 N–H and O–H groups in total. The van der Waals surface area contributed by atoms with E-state index in [1.54, 1.807) is 43.5 Å². The van der Waals surface area contributed by atoms with E-state index < -0.39 is 6.36 Å². The van der Waals surface area contributed by atoms with Gasteiger partial charge in [-0.1, -0.05) is 48.2 Å². The van der Waals surface area contributed by atoms with Crippen molar-refractivity contribution in [2.45, 2.75) is 20.2 Å². The second-order valence-electron chi connectivity index (χ2n) is 9.70. The number of halogens is 3. The highest BCUT2D eigenvalue weighted by Gasteiger charge is 2.31. The first-order valence-corrected chi connectivity index (χ1v) is 14.0. The number of ether oxygens (including phenoxy) is 1. The van der Waals surface area contributed by atoms with Crippen molar-refractivity contribution in [2.75, 3.05) is 17.7 Å². The van der Waals surface area contributed by atoms with Gasteiger partial charge in [-0.3, -0.25) is 14.5 Å². The number of amidine groups is 2. The largest absolute Gasteiger partial charge is 0.573 e. The Bertz CT molecular complexity index is 1870. The zero-order valence-corrected chi connectivity index (χ0v) is 23.7. The van der Waals surface area contributed by atoms with E-state index in [9.17, 15) is 13.2 Å². The molecule has 1 fully saturated rings. The van der Waals surface area contributed by atoms with Crippen LogP contribution in [0.15, 0.2) is 94.3 Å². The van der Waals surface area contributed by atoms with Crippen LogP contribution in [0.3, 0.4) is 0 Å². The van der Waals surface area contributed by atoms with Gasteiger partial charge in [0.05, 0.1) is 28.7 Å². The number of aromatic nitrogens is 2. The maximum Gasteiger partial charge on any atom is 0.573 e. The molecule has 0 bridgehead atoms. The lowest BCUT2D eigenvalue weighted by molar-refractivity contribution is -0.274. The molecule has 11 heteroatoms. The maximum absolute atomic E-state index is 12.5. The molecule has 6 rings (SSSR count). The van der Waals surface area contributed by atoms with Crippen molar-refractivity contribution < 1.29 is 17.9 Å². The molecule has 2 heterocycles. The molecule has 1 aromatic heterocycles. The van der Waals surface area contributed by atoms with E-state index in [2.05, 4.69) is 55.8 Å². The minimum absolute atomic E-state index is 0.274. The summed E-state index contributed by atoms with van der Waals surface area (Å²) in [7, 11) is 1.79. The van der Waals surface area contributed by atoms with Crippen LogP contribution in [0.1, 0.15) is 16.7 Å². The van der Waals surface area contributed by atoms with E-state index in [4.69, 9.17) is 0 Å². The topological polar surface area (TPSA) is 67.4 Å². The van der Waals surface area contributed by atoms with Gasteiger partial charge in [0.2, 0.25) is 0 Å². The Labute approximate surface area is 244 Å². The fourth-order valence-corrected chi connectivity index (χ4v) is 6.00. The summed E-state index contributed by atoms with van der Waals surface area (Å²) >= 11 is 1.60. The van der Waals surface area contributed by atoms with E-state index in [0.29, 0.717) is 5.69 Å². The molecule has 0 unspecified atom stereocenters. The van der Waals surface area contributed by atoms with Crippen molar-refractivity contribution in [3.63, 3.8) is 0 Å². The number of benzene rings is 4. The molecule has 0 spiro atoms. The van der Waals surface area contributed by atoms with Crippen molar-refractivity contribution in [1.29, 1.82) is 0 Å². The fraction of sp³-hybridized carbons (Fsp3) is 0.161. The molecule has 0 amide bonds. The smallest absolute Gasteiger partial charge is 0.406 e. The molecule has 4 aromatic carbocycles. The van der Waals surface area contributed by atoms with Gasteiger partial charge in [0.25, 0.3) is 0 Å². The highest BCUT2D eigenvalue weighted by molar-refractivity contribution is 8.15. The van der Waals surface area contributed by atoms with Crippen LogP contribution in [0.2, 0.25) is 0 Å². The molecule has 1 aliphatic heterocycles. The number of hydrogen-bond donors (Lipinski definition) is 0. The molecule has 0 radical (unpaired) electrons. The number of aryl methyl sites for hydroxylation is 2. The van der Waals surface area contributed by atoms with Gasteiger partial charge in [0, 0.05) is 18.1 Å². The van der Waals surface area contributed by atoms with Gasteiger partial charge >= 0.3 is 6.36 Å². The van der Waals surface area contributed by atoms with Gasteiger partial charge in [-0.05, 0) is 72.3 Å². The molecule has 42 heavy (non-hydrogen) atoms. The predicted molar refractivity (Wildman–Crippen MR) is 164 cm³/mol. The molecular formula is C31H25F3N6OS. The number of aliphatic imine (C=N–C) groups is 1. The SMILES string of the molecule is CN=C1CSC(=N/N=C/c2ccc3c(ccc4c3ncn4-c3ccc(OC(F)(F)F)cc3)c2)N1c1c(C)cccc1C. The van der Waals surface area contributed by atoms with Gasteiger partial charge in [-0.25, -0.2) is 4.98 Å². The van der Waals surface area contributed by atoms with Crippen LogP contribution in [-0.2, 0) is 0 Å². The first kappa shape index (κ1) is 27.5. The summed E-state index contributed by atoms with van der Waals surface area (Å²) in [6, 6.07) is 21.8. The Morgan fingerprint density at radius 2 is 1.74 bits per heavy atom. The molecule has 7 nitrogen and oxygen atoms in total. The number of fused-ring (bicyclic) bond motifs is 3. The zero-order chi connectivity index (χ0) is 29.4. The maximum atomic E-state index is 12.5. The molecule has 1 aliphatic rings. The number of anilines is 1. The molecule has 212 valence electrons. The lowest BCUT2D eigenvalue weighted by atomic mass is 10.1. The first-order valence-electron chi connectivity index (χ1n) is 13.0. The molecule has 0 saturated carbocycles. The molecule has 5 aromatic rings. The van der Waals surface area contributed by atoms with Crippen molar-refractivity contribution >= 4 is 56.5 Å². The summed E-state index contributed by atoms with van der Waals surface area (Å²) in [4.78, 5) is 11.1. The number of para-hydroxylation sites is 1. The Morgan fingerprint density at radius 1 is 0.976 bits per heavy atom. The van der Waals surface area contributed by atoms with Crippen LogP contribution in [0.25, 0.3) is 27.5 Å². The van der Waals surface area contributed by atoms with E-state index in [-0.39, 0.29) is 5.75 Å². The normalized spacial score (nSPS) is 16.1. The van der Waals surface area contributed by atoms with Crippen molar-refractivity contribution in [3.05, 3.63) is 95.8 Å². The number of rotatable bonds is 5. The lowest BCUT2D eigenvalue weighted by Crippen LogP contribution is -2.30. The molecular weight excluding hydrogens is 561 g/mol. The van der Waals surface area contributed by atoms with Crippen LogP contribution in [0.4, 0.5) is 18.9 Å². The third kappa shape index (κ3) is 5.35. The van der Waals surface area contributed by atoms with Crippen LogP contribution in [-0.4, -0.2) is 45.9 Å². The molecule has 0 aliphatic carbocycles. The van der Waals surface area contributed by atoms with Gasteiger partial charge in [0.15, 0.2) is 5.17 Å². The van der Waals surface area contributed by atoms with Crippen molar-refractivity contribution in [3.8, 4) is 11.4 Å². The molecule has 1 saturated heterocycles. The number of hydrogen-bond acceptors (Lipinski definition) is 6. The van der Waals surface area contributed by atoms with Gasteiger partial charge < -0.3 is 4.74 Å². The molecule has 0 atom stereocenters. The second kappa shape index (κ2) is 11.0. The Balaban J connectivity index is 1.27. The monoisotopic (exact) mass is 586 g/mol. The minimum atomic E-state index is -4.73. The zero-order valence-electron chi connectivity index (χ0n) is 22.9. The summed E-state index contributed by atoms with van der Waals surface area (Å²) in [6.45, 7) is 4.16. The Morgan fingerprint density at radius 3 is 2.45 bits per heavy atom. The quantitative estimate of drug-likeness (QED) is 0.157. The predicted octanol–water partition coefficient (Wildman–Crippen LogP) is 7.67. The van der Waals surface area contributed by atoms with Gasteiger partial charge in [0.1, 0.15) is 17.9 Å². The summed E-state index contributed by atoms with van der Waals surface area (Å²) in [5.74, 6) is 1.39. The number of imidazole rings is 1.